The summed E-state index contributed by atoms with van der Waals surface area (Å²) in [6, 6.07) is 3.64. The summed E-state index contributed by atoms with van der Waals surface area (Å²) in [6.45, 7) is 2.09. The number of nitrogens with zero attached hydrogens (tertiary/aromatic N) is 1. The maximum Gasteiger partial charge on any atom is 0.195 e. The number of hydrogen-bond donors (Lipinski definition) is 0. The van der Waals surface area contributed by atoms with Crippen molar-refractivity contribution < 1.29 is 13.9 Å². The highest BCUT2D eigenvalue weighted by Gasteiger charge is 2.11. The van der Waals surface area contributed by atoms with Crippen molar-refractivity contribution in [1.82, 2.24) is 4.98 Å². The first-order valence-electron chi connectivity index (χ1n) is 5.30. The quantitative estimate of drug-likeness (QED) is 0.796. The van der Waals surface area contributed by atoms with Gasteiger partial charge in [-0.3, -0.25) is 0 Å². The number of benzene rings is 1. The standard InChI is InChI=1S/C12H15NO3/c1-4-5-12-13-8-6-10(14-2)11(15-3)7-9(8)16-12/h6-7H,4-5H2,1-3H3. The molecule has 0 aliphatic heterocycles. The molecule has 0 saturated heterocycles. The van der Waals surface area contributed by atoms with Crippen LogP contribution in [0.5, 0.6) is 11.5 Å². The fourth-order valence-corrected chi connectivity index (χ4v) is 1.62. The number of aromatic nitrogens is 1. The third-order valence-corrected chi connectivity index (χ3v) is 2.40. The normalized spacial score (nSPS) is 10.7. The highest BCUT2D eigenvalue weighted by molar-refractivity contribution is 5.77. The van der Waals surface area contributed by atoms with Crippen LogP contribution in [0.1, 0.15) is 19.2 Å². The van der Waals surface area contributed by atoms with Crippen LogP contribution in [0.4, 0.5) is 0 Å². The summed E-state index contributed by atoms with van der Waals surface area (Å²) in [4.78, 5) is 4.38. The second-order valence-electron chi connectivity index (χ2n) is 3.53. The summed E-state index contributed by atoms with van der Waals surface area (Å²) in [6.07, 6.45) is 1.86. The number of oxazole rings is 1. The van der Waals surface area contributed by atoms with Crippen molar-refractivity contribution in [3.05, 3.63) is 18.0 Å². The SMILES string of the molecule is CCCc1nc2cc(OC)c(OC)cc2o1. The Balaban J connectivity index is 2.51. The predicted molar refractivity (Wildman–Crippen MR) is 61.1 cm³/mol. The van der Waals surface area contributed by atoms with Crippen molar-refractivity contribution in [2.75, 3.05) is 14.2 Å². The summed E-state index contributed by atoms with van der Waals surface area (Å²) in [5.41, 5.74) is 1.54. The topological polar surface area (TPSA) is 44.5 Å². The summed E-state index contributed by atoms with van der Waals surface area (Å²) >= 11 is 0. The molecule has 4 heteroatoms. The molecule has 0 radical (unpaired) electrons. The lowest BCUT2D eigenvalue weighted by molar-refractivity contribution is 0.355. The Morgan fingerprint density at radius 2 is 1.88 bits per heavy atom. The Kier molecular flexibility index (Phi) is 2.99. The largest absolute Gasteiger partial charge is 0.493 e. The van der Waals surface area contributed by atoms with E-state index in [-0.39, 0.29) is 0 Å². The minimum atomic E-state index is 0.661. The molecule has 0 aliphatic rings. The zero-order valence-electron chi connectivity index (χ0n) is 9.74. The highest BCUT2D eigenvalue weighted by Crippen LogP contribution is 2.32. The molecule has 1 aromatic carbocycles. The minimum absolute atomic E-state index is 0.661. The number of ether oxygens (including phenoxy) is 2. The molecule has 16 heavy (non-hydrogen) atoms. The summed E-state index contributed by atoms with van der Waals surface area (Å²) in [5.74, 6) is 2.09. The lowest BCUT2D eigenvalue weighted by Gasteiger charge is -2.05. The molecule has 0 bridgehead atoms. The number of aryl methyl sites for hydroxylation is 1. The predicted octanol–water partition coefficient (Wildman–Crippen LogP) is 2.80. The molecule has 86 valence electrons. The van der Waals surface area contributed by atoms with Crippen LogP contribution in [-0.4, -0.2) is 19.2 Å². The Bertz CT molecular complexity index is 449. The van der Waals surface area contributed by atoms with E-state index < -0.39 is 0 Å². The van der Waals surface area contributed by atoms with Crippen LogP contribution in [0.15, 0.2) is 16.5 Å². The molecule has 2 aromatic rings. The number of methoxy groups -OCH3 is 2. The molecule has 0 saturated carbocycles. The molecule has 0 amide bonds. The number of fused-ring (bicyclic) bond motifs is 1. The zero-order chi connectivity index (χ0) is 11.5. The van der Waals surface area contributed by atoms with Crippen molar-refractivity contribution in [2.24, 2.45) is 0 Å². The Morgan fingerprint density at radius 3 is 2.50 bits per heavy atom. The van der Waals surface area contributed by atoms with Crippen LogP contribution in [0.3, 0.4) is 0 Å². The van der Waals surface area contributed by atoms with E-state index in [0.29, 0.717) is 11.5 Å². The fraction of sp³-hybridized carbons (Fsp3) is 0.417. The first-order chi connectivity index (χ1) is 7.78. The molecule has 0 fully saturated rings. The van der Waals surface area contributed by atoms with Gasteiger partial charge in [0.2, 0.25) is 0 Å². The van der Waals surface area contributed by atoms with Gasteiger partial charge in [0.05, 0.1) is 14.2 Å². The monoisotopic (exact) mass is 221 g/mol. The molecule has 2 rings (SSSR count). The zero-order valence-corrected chi connectivity index (χ0v) is 9.74. The van der Waals surface area contributed by atoms with Crippen LogP contribution in [0.25, 0.3) is 11.1 Å². The van der Waals surface area contributed by atoms with Crippen molar-refractivity contribution >= 4 is 11.1 Å². The summed E-state index contributed by atoms with van der Waals surface area (Å²) in [7, 11) is 3.21. The molecule has 1 heterocycles. The van der Waals surface area contributed by atoms with Gasteiger partial charge >= 0.3 is 0 Å². The molecule has 0 unspecified atom stereocenters. The maximum atomic E-state index is 5.60. The lowest BCUT2D eigenvalue weighted by atomic mass is 10.3. The average molecular weight is 221 g/mol. The number of rotatable bonds is 4. The van der Waals surface area contributed by atoms with Crippen LogP contribution in [0, 0.1) is 0 Å². The van der Waals surface area contributed by atoms with E-state index in [1.807, 2.05) is 6.07 Å². The summed E-state index contributed by atoms with van der Waals surface area (Å²) in [5, 5.41) is 0. The maximum absolute atomic E-state index is 5.60. The molecule has 0 spiro atoms. The van der Waals surface area contributed by atoms with E-state index >= 15 is 0 Å². The number of hydrogen-bond acceptors (Lipinski definition) is 4. The first-order valence-corrected chi connectivity index (χ1v) is 5.30. The molecular weight excluding hydrogens is 206 g/mol. The van der Waals surface area contributed by atoms with Gasteiger partial charge in [-0.2, -0.15) is 0 Å². The molecule has 0 N–H and O–H groups in total. The lowest BCUT2D eigenvalue weighted by Crippen LogP contribution is -1.89. The van der Waals surface area contributed by atoms with Gasteiger partial charge in [0, 0.05) is 18.6 Å². The van der Waals surface area contributed by atoms with E-state index in [1.54, 1.807) is 20.3 Å². The highest BCUT2D eigenvalue weighted by atomic mass is 16.5. The van der Waals surface area contributed by atoms with E-state index in [2.05, 4.69) is 11.9 Å². The van der Waals surface area contributed by atoms with Crippen molar-refractivity contribution in [3.8, 4) is 11.5 Å². The van der Waals surface area contributed by atoms with Crippen molar-refractivity contribution in [1.29, 1.82) is 0 Å². The van der Waals surface area contributed by atoms with E-state index in [4.69, 9.17) is 13.9 Å². The van der Waals surface area contributed by atoms with Gasteiger partial charge in [0.1, 0.15) is 5.52 Å². The van der Waals surface area contributed by atoms with E-state index in [0.717, 1.165) is 29.8 Å². The van der Waals surface area contributed by atoms with Crippen LogP contribution < -0.4 is 9.47 Å². The van der Waals surface area contributed by atoms with Gasteiger partial charge in [-0.05, 0) is 6.42 Å². The molecular formula is C12H15NO3. The molecule has 1 aromatic heterocycles. The van der Waals surface area contributed by atoms with Gasteiger partial charge in [-0.1, -0.05) is 6.92 Å². The fourth-order valence-electron chi connectivity index (χ4n) is 1.62. The van der Waals surface area contributed by atoms with Crippen LogP contribution in [0.2, 0.25) is 0 Å². The second kappa shape index (κ2) is 4.43. The third kappa shape index (κ3) is 1.83. The second-order valence-corrected chi connectivity index (χ2v) is 3.53. The van der Waals surface area contributed by atoms with Gasteiger partial charge in [0.25, 0.3) is 0 Å². The third-order valence-electron chi connectivity index (χ3n) is 2.40. The van der Waals surface area contributed by atoms with Gasteiger partial charge in [-0.15, -0.1) is 0 Å². The van der Waals surface area contributed by atoms with E-state index in [1.165, 1.54) is 0 Å². The minimum Gasteiger partial charge on any atom is -0.493 e. The smallest absolute Gasteiger partial charge is 0.195 e. The van der Waals surface area contributed by atoms with Gasteiger partial charge in [-0.25, -0.2) is 4.98 Å². The van der Waals surface area contributed by atoms with Crippen LogP contribution >= 0.6 is 0 Å². The Morgan fingerprint density at radius 1 is 1.19 bits per heavy atom. The van der Waals surface area contributed by atoms with E-state index in [9.17, 15) is 0 Å². The molecule has 4 nitrogen and oxygen atoms in total. The Hall–Kier alpha value is -1.71. The first kappa shape index (κ1) is 10.8. The van der Waals surface area contributed by atoms with Crippen molar-refractivity contribution in [3.63, 3.8) is 0 Å². The van der Waals surface area contributed by atoms with Crippen molar-refractivity contribution in [2.45, 2.75) is 19.8 Å². The summed E-state index contributed by atoms with van der Waals surface area (Å²) < 4.78 is 16.0. The van der Waals surface area contributed by atoms with Crippen LogP contribution in [-0.2, 0) is 6.42 Å². The average Bonchev–Trinajstić information content (AvgIpc) is 2.68. The van der Waals surface area contributed by atoms with Gasteiger partial charge in [0.15, 0.2) is 23.0 Å². The Labute approximate surface area is 94.2 Å². The van der Waals surface area contributed by atoms with Gasteiger partial charge < -0.3 is 13.9 Å². The molecule has 0 aliphatic carbocycles. The molecule has 0 atom stereocenters.